The first-order valence-electron chi connectivity index (χ1n) is 4.35. The van der Waals surface area contributed by atoms with Crippen molar-refractivity contribution in [1.82, 2.24) is 4.90 Å². The van der Waals surface area contributed by atoms with Crippen molar-refractivity contribution in [3.05, 3.63) is 34.3 Å². The van der Waals surface area contributed by atoms with E-state index in [-0.39, 0.29) is 5.15 Å². The maximum Gasteiger partial charge on any atom is 0.286 e. The highest BCUT2D eigenvalue weighted by molar-refractivity contribution is 6.28. The van der Waals surface area contributed by atoms with Gasteiger partial charge in [-0.15, -0.1) is 0 Å². The normalized spacial score (nSPS) is 17.0. The smallest absolute Gasteiger partial charge is 0.286 e. The van der Waals surface area contributed by atoms with Gasteiger partial charge in [0.2, 0.25) is 0 Å². The van der Waals surface area contributed by atoms with E-state index >= 15 is 0 Å². The van der Waals surface area contributed by atoms with E-state index < -0.39 is 0 Å². The summed E-state index contributed by atoms with van der Waals surface area (Å²) in [5.41, 5.74) is 1.03. The first kappa shape index (κ1) is 8.78. The molecule has 0 atom stereocenters. The molecular formula is C9H11ClN2O. The van der Waals surface area contributed by atoms with Crippen molar-refractivity contribution in [3.63, 3.8) is 0 Å². The van der Waals surface area contributed by atoms with Crippen LogP contribution in [0.2, 0.25) is 5.15 Å². The Kier molecular flexibility index (Phi) is 2.38. The zero-order valence-electron chi connectivity index (χ0n) is 7.24. The number of nitrogens with zero attached hydrogens (tertiary/aromatic N) is 2. The topological polar surface area (TPSA) is 30.2 Å². The molecule has 13 heavy (non-hydrogen) atoms. The lowest BCUT2D eigenvalue weighted by molar-refractivity contribution is -0.603. The third-order valence-corrected chi connectivity index (χ3v) is 2.58. The van der Waals surface area contributed by atoms with E-state index in [9.17, 15) is 5.21 Å². The van der Waals surface area contributed by atoms with Crippen LogP contribution in [0.3, 0.4) is 0 Å². The van der Waals surface area contributed by atoms with E-state index in [1.165, 1.54) is 6.42 Å². The van der Waals surface area contributed by atoms with Gasteiger partial charge in [0.15, 0.2) is 6.20 Å². The maximum absolute atomic E-state index is 11.1. The maximum atomic E-state index is 11.1. The van der Waals surface area contributed by atoms with Crippen LogP contribution >= 0.6 is 11.6 Å². The highest BCUT2D eigenvalue weighted by Gasteiger charge is 2.15. The molecule has 1 aliphatic heterocycles. The molecule has 4 heteroatoms. The average molecular weight is 199 g/mol. The van der Waals surface area contributed by atoms with E-state index in [1.807, 2.05) is 6.07 Å². The van der Waals surface area contributed by atoms with E-state index in [0.717, 1.165) is 25.2 Å². The number of likely N-dealkylation sites (tertiary alicyclic amines) is 1. The molecule has 2 heterocycles. The van der Waals surface area contributed by atoms with Gasteiger partial charge in [-0.3, -0.25) is 4.90 Å². The monoisotopic (exact) mass is 198 g/mol. The summed E-state index contributed by atoms with van der Waals surface area (Å²) in [6, 6.07) is 3.54. The minimum atomic E-state index is 0.229. The van der Waals surface area contributed by atoms with Crippen LogP contribution in [0.25, 0.3) is 0 Å². The molecule has 3 nitrogen and oxygen atoms in total. The van der Waals surface area contributed by atoms with Crippen LogP contribution in [-0.2, 0) is 6.54 Å². The zero-order valence-corrected chi connectivity index (χ0v) is 8.00. The Morgan fingerprint density at radius 3 is 2.77 bits per heavy atom. The molecule has 0 aliphatic carbocycles. The standard InChI is InChI=1S/C9H11ClN2O/c10-9-3-2-8(7-12(9)13)6-11-4-1-5-11/h2-3,7H,1,4-6H2. The fraction of sp³-hybridized carbons (Fsp3) is 0.444. The van der Waals surface area contributed by atoms with Crippen LogP contribution in [0.4, 0.5) is 0 Å². The Balaban J connectivity index is 2.07. The SMILES string of the molecule is [O-][n+]1cc(CN2CCC2)ccc1Cl. The van der Waals surface area contributed by atoms with E-state index in [0.29, 0.717) is 4.73 Å². The van der Waals surface area contributed by atoms with Gasteiger partial charge in [0.25, 0.3) is 5.15 Å². The second kappa shape index (κ2) is 3.52. The summed E-state index contributed by atoms with van der Waals surface area (Å²) >= 11 is 5.60. The van der Waals surface area contributed by atoms with Gasteiger partial charge in [0.1, 0.15) is 0 Å². The summed E-state index contributed by atoms with van der Waals surface area (Å²) in [4.78, 5) is 2.29. The summed E-state index contributed by atoms with van der Waals surface area (Å²) in [7, 11) is 0. The predicted octanol–water partition coefficient (Wildman–Crippen LogP) is 1.18. The van der Waals surface area contributed by atoms with Crippen LogP contribution in [0.1, 0.15) is 12.0 Å². The van der Waals surface area contributed by atoms with Gasteiger partial charge in [-0.05, 0) is 37.2 Å². The Morgan fingerprint density at radius 1 is 1.46 bits per heavy atom. The molecule has 1 fully saturated rings. The highest BCUT2D eigenvalue weighted by Crippen LogP contribution is 2.11. The molecule has 0 N–H and O–H groups in total. The Morgan fingerprint density at radius 2 is 2.23 bits per heavy atom. The molecule has 70 valence electrons. The molecule has 1 saturated heterocycles. The number of aromatic nitrogens is 1. The lowest BCUT2D eigenvalue weighted by Crippen LogP contribution is -2.37. The van der Waals surface area contributed by atoms with Gasteiger partial charge >= 0.3 is 0 Å². The Hall–Kier alpha value is -0.800. The third kappa shape index (κ3) is 1.92. The van der Waals surface area contributed by atoms with E-state index in [1.54, 1.807) is 12.3 Å². The first-order chi connectivity index (χ1) is 6.25. The molecule has 1 aliphatic rings. The van der Waals surface area contributed by atoms with Crippen LogP contribution < -0.4 is 4.73 Å². The quantitative estimate of drug-likeness (QED) is 0.406. The molecule has 0 spiro atoms. The number of pyridine rings is 1. The molecule has 1 aromatic heterocycles. The van der Waals surface area contributed by atoms with Gasteiger partial charge in [-0.1, -0.05) is 0 Å². The second-order valence-corrected chi connectivity index (χ2v) is 3.70. The third-order valence-electron chi connectivity index (χ3n) is 2.28. The molecular weight excluding hydrogens is 188 g/mol. The minimum absolute atomic E-state index is 0.229. The fourth-order valence-corrected chi connectivity index (χ4v) is 1.51. The number of rotatable bonds is 2. The summed E-state index contributed by atoms with van der Waals surface area (Å²) < 4.78 is 0.705. The van der Waals surface area contributed by atoms with Gasteiger partial charge in [0.05, 0.1) is 0 Å². The summed E-state index contributed by atoms with van der Waals surface area (Å²) in [6.07, 6.45) is 2.81. The average Bonchev–Trinajstić information content (AvgIpc) is 2.04. The van der Waals surface area contributed by atoms with Crippen LogP contribution in [0.5, 0.6) is 0 Å². The molecule has 0 radical (unpaired) electrons. The van der Waals surface area contributed by atoms with Crippen molar-refractivity contribution in [1.29, 1.82) is 0 Å². The molecule has 0 unspecified atom stereocenters. The van der Waals surface area contributed by atoms with Crippen molar-refractivity contribution >= 4 is 11.6 Å². The van der Waals surface area contributed by atoms with Crippen molar-refractivity contribution in [2.45, 2.75) is 13.0 Å². The zero-order chi connectivity index (χ0) is 9.26. The number of halogens is 1. The second-order valence-electron chi connectivity index (χ2n) is 3.32. The molecule has 1 aromatic rings. The predicted molar refractivity (Wildman–Crippen MR) is 50.3 cm³/mol. The van der Waals surface area contributed by atoms with Gasteiger partial charge < -0.3 is 5.21 Å². The highest BCUT2D eigenvalue weighted by atomic mass is 35.5. The molecule has 2 rings (SSSR count). The van der Waals surface area contributed by atoms with E-state index in [2.05, 4.69) is 4.90 Å². The van der Waals surface area contributed by atoms with Crippen molar-refractivity contribution < 1.29 is 4.73 Å². The largest absolute Gasteiger partial charge is 0.618 e. The van der Waals surface area contributed by atoms with Crippen molar-refractivity contribution in [2.75, 3.05) is 13.1 Å². The number of hydrogen-bond acceptors (Lipinski definition) is 2. The lowest BCUT2D eigenvalue weighted by Gasteiger charge is -2.30. The molecule has 0 saturated carbocycles. The molecule has 0 bridgehead atoms. The Bertz CT molecular complexity index is 312. The van der Waals surface area contributed by atoms with Crippen LogP contribution in [-0.4, -0.2) is 18.0 Å². The van der Waals surface area contributed by atoms with Gasteiger partial charge in [-0.25, -0.2) is 0 Å². The van der Waals surface area contributed by atoms with E-state index in [4.69, 9.17) is 11.6 Å². The molecule has 0 amide bonds. The van der Waals surface area contributed by atoms with Crippen LogP contribution in [0.15, 0.2) is 18.3 Å². The summed E-state index contributed by atoms with van der Waals surface area (Å²) in [5, 5.41) is 11.3. The summed E-state index contributed by atoms with van der Waals surface area (Å²) in [5.74, 6) is 0. The first-order valence-corrected chi connectivity index (χ1v) is 4.73. The molecule has 0 aromatic carbocycles. The van der Waals surface area contributed by atoms with Crippen molar-refractivity contribution in [3.8, 4) is 0 Å². The summed E-state index contributed by atoms with van der Waals surface area (Å²) in [6.45, 7) is 3.14. The number of hydrogen-bond donors (Lipinski definition) is 0. The fourth-order valence-electron chi connectivity index (χ4n) is 1.40. The lowest BCUT2D eigenvalue weighted by atomic mass is 10.2. The minimum Gasteiger partial charge on any atom is -0.618 e. The Labute approximate surface area is 82.1 Å². The van der Waals surface area contributed by atoms with Gasteiger partial charge in [-0.2, -0.15) is 4.73 Å². The van der Waals surface area contributed by atoms with Crippen molar-refractivity contribution in [2.24, 2.45) is 0 Å². The van der Waals surface area contributed by atoms with Gasteiger partial charge in [0, 0.05) is 18.2 Å². The van der Waals surface area contributed by atoms with Crippen LogP contribution in [0, 0.1) is 5.21 Å².